The predicted molar refractivity (Wildman–Crippen MR) is 142 cm³/mol. The number of pyridine rings is 1. The monoisotopic (exact) mass is 521 g/mol. The molecular weight excluding hydrogens is 494 g/mol. The average Bonchev–Trinajstić information content (AvgIpc) is 2.83. The van der Waals surface area contributed by atoms with Gasteiger partial charge in [0.25, 0.3) is 0 Å². The molecule has 3 aromatic rings. The van der Waals surface area contributed by atoms with E-state index in [0.717, 1.165) is 10.0 Å². The number of carboxylic acid groups (broad SMARTS) is 2. The number of rotatable bonds is 8. The third kappa shape index (κ3) is 5.75. The Bertz CT molecular complexity index is 1380. The van der Waals surface area contributed by atoms with Crippen LogP contribution in [0, 0.1) is 13.8 Å². The lowest BCUT2D eigenvalue weighted by atomic mass is 10.1. The van der Waals surface area contributed by atoms with E-state index in [1.165, 1.54) is 48.8 Å². The fourth-order valence-electron chi connectivity index (χ4n) is 3.63. The van der Waals surface area contributed by atoms with Gasteiger partial charge in [-0.2, -0.15) is 0 Å². The van der Waals surface area contributed by atoms with Gasteiger partial charge in [0.15, 0.2) is 0 Å². The Balaban J connectivity index is 1.93. The number of aryl methyl sites for hydroxylation is 2. The maximum atomic E-state index is 11.1. The number of aromatic nitrogens is 1. The van der Waals surface area contributed by atoms with Crippen molar-refractivity contribution in [1.82, 2.24) is 4.98 Å². The summed E-state index contributed by atoms with van der Waals surface area (Å²) in [5.41, 5.74) is 15.0. The molecular formula is C25H27N7O6. The summed E-state index contributed by atoms with van der Waals surface area (Å²) in [7, 11) is 0. The SMILES string of the molecule is Cc1cc(C)c(/C(N)=C/N(N)c2ccc(C(=O)O)c(O)c2)nc1/C(N)=C/N(N)c1ccc(C(=O)O)c(O)c1. The number of carboxylic acids is 2. The molecule has 0 bridgehead atoms. The zero-order valence-corrected chi connectivity index (χ0v) is 20.5. The molecule has 0 spiro atoms. The average molecular weight is 522 g/mol. The Morgan fingerprint density at radius 2 is 1.11 bits per heavy atom. The van der Waals surface area contributed by atoms with Gasteiger partial charge >= 0.3 is 11.9 Å². The van der Waals surface area contributed by atoms with Crippen LogP contribution < -0.4 is 33.2 Å². The Morgan fingerprint density at radius 3 is 1.42 bits per heavy atom. The molecule has 0 fully saturated rings. The van der Waals surface area contributed by atoms with E-state index in [1.54, 1.807) is 13.8 Å². The van der Waals surface area contributed by atoms with E-state index in [-0.39, 0.29) is 33.9 Å². The molecule has 0 unspecified atom stereocenters. The van der Waals surface area contributed by atoms with Crippen LogP contribution in [0.3, 0.4) is 0 Å². The van der Waals surface area contributed by atoms with Gasteiger partial charge in [0.2, 0.25) is 0 Å². The Hall–Kier alpha value is -5.27. The highest BCUT2D eigenvalue weighted by Crippen LogP contribution is 2.27. The second kappa shape index (κ2) is 10.8. The van der Waals surface area contributed by atoms with Crippen LogP contribution in [0.2, 0.25) is 0 Å². The molecule has 198 valence electrons. The quantitative estimate of drug-likeness (QED) is 0.156. The maximum absolute atomic E-state index is 11.1. The zero-order valence-electron chi connectivity index (χ0n) is 20.5. The molecule has 1 aromatic heterocycles. The maximum Gasteiger partial charge on any atom is 0.339 e. The Kier molecular flexibility index (Phi) is 7.75. The van der Waals surface area contributed by atoms with Gasteiger partial charge in [0.1, 0.15) is 22.6 Å². The molecule has 0 aliphatic carbocycles. The number of aromatic hydroxyl groups is 2. The first-order valence-corrected chi connectivity index (χ1v) is 10.9. The first kappa shape index (κ1) is 27.3. The van der Waals surface area contributed by atoms with E-state index in [9.17, 15) is 19.8 Å². The summed E-state index contributed by atoms with van der Waals surface area (Å²) in [5, 5.41) is 40.2. The molecule has 0 atom stereocenters. The molecule has 2 aromatic carbocycles. The van der Waals surface area contributed by atoms with Crippen molar-refractivity contribution in [2.75, 3.05) is 10.0 Å². The van der Waals surface area contributed by atoms with Crippen molar-refractivity contribution in [3.8, 4) is 11.5 Å². The number of hydrogen-bond donors (Lipinski definition) is 8. The molecule has 12 N–H and O–H groups in total. The van der Waals surface area contributed by atoms with E-state index < -0.39 is 23.4 Å². The second-order valence-corrected chi connectivity index (χ2v) is 8.32. The first-order valence-electron chi connectivity index (χ1n) is 10.9. The normalized spacial score (nSPS) is 11.8. The number of phenols is 2. The van der Waals surface area contributed by atoms with Gasteiger partial charge in [-0.15, -0.1) is 0 Å². The number of nitrogens with zero attached hydrogens (tertiary/aromatic N) is 3. The highest BCUT2D eigenvalue weighted by atomic mass is 16.4. The number of hydrogen-bond acceptors (Lipinski definition) is 11. The van der Waals surface area contributed by atoms with Crippen molar-refractivity contribution >= 4 is 34.7 Å². The standard InChI is InChI=1S/C25H27N7O6/c1-12-7-13(2)23(19(27)11-32(29)15-4-6-17(25(37)38)21(34)9-15)30-22(12)18(26)10-31(28)14-3-5-16(24(35)36)20(33)8-14/h3-11,33-34H,26-29H2,1-2H3,(H,35,36)(H,37,38)/b18-10-,19-11-. The lowest BCUT2D eigenvalue weighted by Crippen LogP contribution is -2.26. The Labute approximate surface area is 217 Å². The second-order valence-electron chi connectivity index (χ2n) is 8.32. The first-order chi connectivity index (χ1) is 17.8. The number of hydrazine groups is 2. The number of benzene rings is 2. The van der Waals surface area contributed by atoms with Crippen LogP contribution in [0.5, 0.6) is 11.5 Å². The zero-order chi connectivity index (χ0) is 28.3. The van der Waals surface area contributed by atoms with Crippen LogP contribution in [0.1, 0.15) is 43.2 Å². The summed E-state index contributed by atoms with van der Waals surface area (Å²) in [5.74, 6) is 8.62. The minimum atomic E-state index is -1.28. The molecule has 0 radical (unpaired) electrons. The molecule has 0 amide bonds. The van der Waals surface area contributed by atoms with Gasteiger partial charge < -0.3 is 31.9 Å². The van der Waals surface area contributed by atoms with E-state index >= 15 is 0 Å². The van der Waals surface area contributed by atoms with Gasteiger partial charge in [-0.1, -0.05) is 6.07 Å². The lowest BCUT2D eigenvalue weighted by molar-refractivity contribution is 0.0682. The van der Waals surface area contributed by atoms with E-state index in [2.05, 4.69) is 4.98 Å². The van der Waals surface area contributed by atoms with E-state index in [0.29, 0.717) is 22.5 Å². The highest BCUT2D eigenvalue weighted by Gasteiger charge is 2.16. The molecule has 0 aliphatic heterocycles. The topological polar surface area (TPSA) is 239 Å². The van der Waals surface area contributed by atoms with Crippen molar-refractivity contribution < 1.29 is 30.0 Å². The number of aromatic carboxylic acids is 2. The highest BCUT2D eigenvalue weighted by molar-refractivity contribution is 5.92. The minimum Gasteiger partial charge on any atom is -0.507 e. The fourth-order valence-corrected chi connectivity index (χ4v) is 3.63. The molecule has 13 nitrogen and oxygen atoms in total. The summed E-state index contributed by atoms with van der Waals surface area (Å²) in [4.78, 5) is 26.8. The van der Waals surface area contributed by atoms with Gasteiger partial charge in [-0.25, -0.2) is 26.3 Å². The van der Waals surface area contributed by atoms with Crippen molar-refractivity contribution in [2.45, 2.75) is 13.8 Å². The van der Waals surface area contributed by atoms with Crippen molar-refractivity contribution in [3.05, 3.63) is 88.5 Å². The summed E-state index contributed by atoms with van der Waals surface area (Å²) in [6.45, 7) is 3.58. The Morgan fingerprint density at radius 1 is 0.737 bits per heavy atom. The van der Waals surface area contributed by atoms with Crippen LogP contribution >= 0.6 is 0 Å². The van der Waals surface area contributed by atoms with Gasteiger partial charge in [0, 0.05) is 24.5 Å². The van der Waals surface area contributed by atoms with Crippen molar-refractivity contribution in [2.24, 2.45) is 23.2 Å². The third-order valence-corrected chi connectivity index (χ3v) is 5.53. The third-order valence-electron chi connectivity index (χ3n) is 5.53. The molecule has 0 saturated carbocycles. The van der Waals surface area contributed by atoms with Crippen LogP contribution in [0.4, 0.5) is 11.4 Å². The van der Waals surface area contributed by atoms with Crippen molar-refractivity contribution in [1.29, 1.82) is 0 Å². The van der Waals surface area contributed by atoms with E-state index in [4.69, 9.17) is 33.4 Å². The van der Waals surface area contributed by atoms with Gasteiger partial charge in [0.05, 0.1) is 34.2 Å². The summed E-state index contributed by atoms with van der Waals surface area (Å²) in [6, 6.07) is 9.42. The minimum absolute atomic E-state index is 0.152. The summed E-state index contributed by atoms with van der Waals surface area (Å²) >= 11 is 0. The van der Waals surface area contributed by atoms with Crippen LogP contribution in [0.25, 0.3) is 11.4 Å². The molecule has 13 heteroatoms. The van der Waals surface area contributed by atoms with Crippen molar-refractivity contribution in [3.63, 3.8) is 0 Å². The lowest BCUT2D eigenvalue weighted by Gasteiger charge is -2.18. The number of anilines is 2. The molecule has 0 saturated heterocycles. The molecule has 0 aliphatic rings. The van der Waals surface area contributed by atoms with Gasteiger partial charge in [-0.05, 0) is 49.2 Å². The van der Waals surface area contributed by atoms with Crippen LogP contribution in [-0.2, 0) is 0 Å². The summed E-state index contributed by atoms with van der Waals surface area (Å²) < 4.78 is 0. The number of carbonyl (C=O) groups is 2. The largest absolute Gasteiger partial charge is 0.507 e. The van der Waals surface area contributed by atoms with Crippen LogP contribution in [0.15, 0.2) is 54.9 Å². The predicted octanol–water partition coefficient (Wildman–Crippen LogP) is 1.78. The smallest absolute Gasteiger partial charge is 0.339 e. The summed E-state index contributed by atoms with van der Waals surface area (Å²) in [6.07, 6.45) is 2.71. The van der Waals surface area contributed by atoms with Gasteiger partial charge in [-0.3, -0.25) is 10.0 Å². The molecule has 38 heavy (non-hydrogen) atoms. The fraction of sp³-hybridized carbons (Fsp3) is 0.0800. The number of nitrogens with two attached hydrogens (primary N) is 4. The molecule has 1 heterocycles. The van der Waals surface area contributed by atoms with Crippen LogP contribution in [-0.4, -0.2) is 37.3 Å². The van der Waals surface area contributed by atoms with E-state index in [1.807, 2.05) is 6.07 Å². The molecule has 3 rings (SSSR count).